The maximum Gasteiger partial charge on any atom is 0.100 e. The SMILES string of the molecule is CN(C)C(CNCc1cc(C#N)cs1)c1cccs1. The van der Waals surface area contributed by atoms with Gasteiger partial charge in [0, 0.05) is 28.2 Å². The molecule has 2 aromatic heterocycles. The molecule has 5 heteroatoms. The van der Waals surface area contributed by atoms with Gasteiger partial charge < -0.3 is 10.2 Å². The fourth-order valence-electron chi connectivity index (χ4n) is 1.88. The summed E-state index contributed by atoms with van der Waals surface area (Å²) < 4.78 is 0. The van der Waals surface area contributed by atoms with Crippen LogP contribution in [0.2, 0.25) is 0 Å². The van der Waals surface area contributed by atoms with Crippen molar-refractivity contribution in [1.82, 2.24) is 10.2 Å². The summed E-state index contributed by atoms with van der Waals surface area (Å²) in [6.45, 7) is 1.73. The summed E-state index contributed by atoms with van der Waals surface area (Å²) in [7, 11) is 4.20. The number of nitrogens with zero attached hydrogens (tertiary/aromatic N) is 2. The molecule has 1 unspecified atom stereocenters. The van der Waals surface area contributed by atoms with Crippen LogP contribution in [0.25, 0.3) is 0 Å². The zero-order valence-corrected chi connectivity index (χ0v) is 12.7. The van der Waals surface area contributed by atoms with Gasteiger partial charge >= 0.3 is 0 Å². The minimum Gasteiger partial charge on any atom is -0.310 e. The first-order valence-electron chi connectivity index (χ1n) is 6.08. The maximum atomic E-state index is 8.79. The molecule has 3 nitrogen and oxygen atoms in total. The molecular formula is C14H17N3S2. The molecule has 0 aliphatic rings. The minimum absolute atomic E-state index is 0.399. The Labute approximate surface area is 122 Å². The molecule has 0 saturated carbocycles. The van der Waals surface area contributed by atoms with E-state index in [0.29, 0.717) is 6.04 Å². The normalized spacial score (nSPS) is 12.5. The Kier molecular flexibility index (Phi) is 5.11. The van der Waals surface area contributed by atoms with E-state index in [1.807, 2.05) is 11.4 Å². The second kappa shape index (κ2) is 6.83. The van der Waals surface area contributed by atoms with Crippen LogP contribution in [0.5, 0.6) is 0 Å². The Morgan fingerprint density at radius 3 is 2.84 bits per heavy atom. The van der Waals surface area contributed by atoms with Crippen LogP contribution in [0.15, 0.2) is 29.0 Å². The van der Waals surface area contributed by atoms with Gasteiger partial charge in [-0.3, -0.25) is 0 Å². The largest absolute Gasteiger partial charge is 0.310 e. The highest BCUT2D eigenvalue weighted by atomic mass is 32.1. The van der Waals surface area contributed by atoms with Gasteiger partial charge in [0.2, 0.25) is 0 Å². The quantitative estimate of drug-likeness (QED) is 0.889. The number of rotatable bonds is 6. The van der Waals surface area contributed by atoms with Gasteiger partial charge in [0.1, 0.15) is 6.07 Å². The van der Waals surface area contributed by atoms with Gasteiger partial charge in [-0.15, -0.1) is 22.7 Å². The van der Waals surface area contributed by atoms with Crippen LogP contribution < -0.4 is 5.32 Å². The van der Waals surface area contributed by atoms with Gasteiger partial charge in [-0.05, 0) is 31.6 Å². The lowest BCUT2D eigenvalue weighted by Gasteiger charge is -2.23. The van der Waals surface area contributed by atoms with Crippen LogP contribution in [0.4, 0.5) is 0 Å². The van der Waals surface area contributed by atoms with Gasteiger partial charge in [0.25, 0.3) is 0 Å². The standard InChI is InChI=1S/C14H17N3S2/c1-17(2)13(14-4-3-5-18-14)9-16-8-12-6-11(7-15)10-19-12/h3-6,10,13,16H,8-9H2,1-2H3. The van der Waals surface area contributed by atoms with Gasteiger partial charge in [-0.25, -0.2) is 0 Å². The highest BCUT2D eigenvalue weighted by Gasteiger charge is 2.14. The lowest BCUT2D eigenvalue weighted by atomic mass is 10.2. The van der Waals surface area contributed by atoms with Crippen LogP contribution in [-0.2, 0) is 6.54 Å². The van der Waals surface area contributed by atoms with Crippen molar-refractivity contribution in [3.05, 3.63) is 44.3 Å². The molecule has 19 heavy (non-hydrogen) atoms. The molecule has 0 fully saturated rings. The molecule has 2 rings (SSSR count). The van der Waals surface area contributed by atoms with E-state index < -0.39 is 0 Å². The van der Waals surface area contributed by atoms with Gasteiger partial charge in [0.15, 0.2) is 0 Å². The Morgan fingerprint density at radius 1 is 1.42 bits per heavy atom. The molecule has 0 bridgehead atoms. The second-order valence-corrected chi connectivity index (χ2v) is 6.51. The zero-order valence-electron chi connectivity index (χ0n) is 11.1. The van der Waals surface area contributed by atoms with E-state index in [1.165, 1.54) is 9.75 Å². The molecule has 2 aromatic rings. The van der Waals surface area contributed by atoms with E-state index in [-0.39, 0.29) is 0 Å². The second-order valence-electron chi connectivity index (χ2n) is 4.54. The monoisotopic (exact) mass is 291 g/mol. The van der Waals surface area contributed by atoms with Crippen molar-refractivity contribution in [2.45, 2.75) is 12.6 Å². The number of nitriles is 1. The van der Waals surface area contributed by atoms with E-state index in [4.69, 9.17) is 5.26 Å². The first-order valence-corrected chi connectivity index (χ1v) is 7.84. The predicted octanol–water partition coefficient (Wildman–Crippen LogP) is 3.07. The average Bonchev–Trinajstić information content (AvgIpc) is 3.05. The smallest absolute Gasteiger partial charge is 0.100 e. The van der Waals surface area contributed by atoms with Crippen molar-refractivity contribution in [3.63, 3.8) is 0 Å². The summed E-state index contributed by atoms with van der Waals surface area (Å²) in [5, 5.41) is 16.3. The Bertz CT molecular complexity index is 537. The van der Waals surface area contributed by atoms with Gasteiger partial charge in [-0.1, -0.05) is 6.07 Å². The van der Waals surface area contributed by atoms with E-state index in [2.05, 4.69) is 47.9 Å². The molecule has 100 valence electrons. The molecule has 2 heterocycles. The van der Waals surface area contributed by atoms with Crippen molar-refractivity contribution in [2.24, 2.45) is 0 Å². The highest BCUT2D eigenvalue weighted by Crippen LogP contribution is 2.22. The number of hydrogen-bond donors (Lipinski definition) is 1. The summed E-state index contributed by atoms with van der Waals surface area (Å²) in [6.07, 6.45) is 0. The number of hydrogen-bond acceptors (Lipinski definition) is 5. The molecule has 0 amide bonds. The molecule has 1 N–H and O–H groups in total. The number of thiophene rings is 2. The van der Waals surface area contributed by atoms with E-state index in [9.17, 15) is 0 Å². The average molecular weight is 291 g/mol. The topological polar surface area (TPSA) is 39.1 Å². The van der Waals surface area contributed by atoms with E-state index >= 15 is 0 Å². The molecule has 0 aliphatic heterocycles. The molecule has 0 spiro atoms. The zero-order chi connectivity index (χ0) is 13.7. The molecule has 0 aromatic carbocycles. The summed E-state index contributed by atoms with van der Waals surface area (Å²) in [6, 6.07) is 8.78. The summed E-state index contributed by atoms with van der Waals surface area (Å²) in [5.41, 5.74) is 0.754. The predicted molar refractivity (Wildman–Crippen MR) is 81.5 cm³/mol. The molecule has 1 atom stereocenters. The summed E-state index contributed by atoms with van der Waals surface area (Å²) in [5.74, 6) is 0. The first-order chi connectivity index (χ1) is 9.20. The third-order valence-corrected chi connectivity index (χ3v) is 4.82. The van der Waals surface area contributed by atoms with Gasteiger partial charge in [0.05, 0.1) is 11.6 Å². The van der Waals surface area contributed by atoms with Crippen molar-refractivity contribution in [3.8, 4) is 6.07 Å². The van der Waals surface area contributed by atoms with Crippen molar-refractivity contribution in [2.75, 3.05) is 20.6 Å². The van der Waals surface area contributed by atoms with Crippen molar-refractivity contribution in [1.29, 1.82) is 5.26 Å². The molecule has 0 saturated heterocycles. The van der Waals surface area contributed by atoms with Crippen LogP contribution in [0, 0.1) is 11.3 Å². The number of likely N-dealkylation sites (N-methyl/N-ethyl adjacent to an activating group) is 1. The fraction of sp³-hybridized carbons (Fsp3) is 0.357. The fourth-order valence-corrected chi connectivity index (χ4v) is 3.58. The number of nitrogens with one attached hydrogen (secondary N) is 1. The summed E-state index contributed by atoms with van der Waals surface area (Å²) >= 11 is 3.43. The van der Waals surface area contributed by atoms with E-state index in [1.54, 1.807) is 22.7 Å². The lowest BCUT2D eigenvalue weighted by molar-refractivity contribution is 0.292. The van der Waals surface area contributed by atoms with Crippen molar-refractivity contribution >= 4 is 22.7 Å². The Balaban J connectivity index is 1.88. The highest BCUT2D eigenvalue weighted by molar-refractivity contribution is 7.10. The maximum absolute atomic E-state index is 8.79. The third-order valence-electron chi connectivity index (χ3n) is 2.91. The molecule has 0 aliphatic carbocycles. The third kappa shape index (κ3) is 3.88. The lowest BCUT2D eigenvalue weighted by Crippen LogP contribution is -2.30. The Morgan fingerprint density at radius 2 is 2.26 bits per heavy atom. The minimum atomic E-state index is 0.399. The molecular weight excluding hydrogens is 274 g/mol. The van der Waals surface area contributed by atoms with Crippen LogP contribution in [-0.4, -0.2) is 25.5 Å². The summed E-state index contributed by atoms with van der Waals surface area (Å²) in [4.78, 5) is 4.81. The van der Waals surface area contributed by atoms with Crippen LogP contribution >= 0.6 is 22.7 Å². The van der Waals surface area contributed by atoms with Crippen LogP contribution in [0.3, 0.4) is 0 Å². The Hall–Kier alpha value is -1.19. The van der Waals surface area contributed by atoms with Gasteiger partial charge in [-0.2, -0.15) is 5.26 Å². The van der Waals surface area contributed by atoms with E-state index in [0.717, 1.165) is 18.7 Å². The first kappa shape index (κ1) is 14.2. The van der Waals surface area contributed by atoms with Crippen LogP contribution in [0.1, 0.15) is 21.4 Å². The molecule has 0 radical (unpaired) electrons. The van der Waals surface area contributed by atoms with Crippen molar-refractivity contribution < 1.29 is 0 Å².